The summed E-state index contributed by atoms with van der Waals surface area (Å²) in [6.45, 7) is -0.0809. The van der Waals surface area contributed by atoms with Crippen molar-refractivity contribution in [2.45, 2.75) is 23.8 Å². The Morgan fingerprint density at radius 3 is 2.68 bits per heavy atom. The van der Waals surface area contributed by atoms with E-state index in [0.29, 0.717) is 0 Å². The van der Waals surface area contributed by atoms with Gasteiger partial charge in [0, 0.05) is 12.3 Å². The van der Waals surface area contributed by atoms with Crippen molar-refractivity contribution in [1.82, 2.24) is 5.32 Å². The van der Waals surface area contributed by atoms with Gasteiger partial charge >= 0.3 is 0 Å². The highest BCUT2D eigenvalue weighted by atomic mass is 32.2. The lowest BCUT2D eigenvalue weighted by Gasteiger charge is -2.11. The molecular formula is C12H15FN2O3S. The maximum atomic E-state index is 13.6. The van der Waals surface area contributed by atoms with Crippen LogP contribution in [0.3, 0.4) is 0 Å². The molecule has 1 aliphatic carbocycles. The Labute approximate surface area is 111 Å². The SMILES string of the molecule is CS(=O)(=O)c1c(F)cccc1NCC(=O)NC1CC1. The first kappa shape index (κ1) is 13.8. The fourth-order valence-electron chi connectivity index (χ4n) is 1.71. The lowest BCUT2D eigenvalue weighted by atomic mass is 10.3. The zero-order chi connectivity index (χ0) is 14.0. The third-order valence-corrected chi connectivity index (χ3v) is 3.88. The van der Waals surface area contributed by atoms with Crippen molar-refractivity contribution in [1.29, 1.82) is 0 Å². The second kappa shape index (κ2) is 5.16. The number of halogens is 1. The van der Waals surface area contributed by atoms with Gasteiger partial charge in [-0.05, 0) is 25.0 Å². The van der Waals surface area contributed by atoms with E-state index in [1.54, 1.807) is 0 Å². The molecule has 1 aliphatic rings. The monoisotopic (exact) mass is 286 g/mol. The molecule has 1 aromatic rings. The summed E-state index contributed by atoms with van der Waals surface area (Å²) in [5.41, 5.74) is 0.105. The number of carbonyl (C=O) groups is 1. The Hall–Kier alpha value is -1.63. The summed E-state index contributed by atoms with van der Waals surface area (Å²) in [5, 5.41) is 5.41. The van der Waals surface area contributed by atoms with Crippen molar-refractivity contribution in [3.63, 3.8) is 0 Å². The van der Waals surface area contributed by atoms with Gasteiger partial charge in [0.2, 0.25) is 5.91 Å². The van der Waals surface area contributed by atoms with Crippen molar-refractivity contribution in [3.05, 3.63) is 24.0 Å². The maximum absolute atomic E-state index is 13.6. The maximum Gasteiger partial charge on any atom is 0.239 e. The highest BCUT2D eigenvalue weighted by Gasteiger charge is 2.23. The number of amides is 1. The molecule has 7 heteroatoms. The predicted molar refractivity (Wildman–Crippen MR) is 69.2 cm³/mol. The van der Waals surface area contributed by atoms with Crippen molar-refractivity contribution < 1.29 is 17.6 Å². The summed E-state index contributed by atoms with van der Waals surface area (Å²) >= 11 is 0. The number of rotatable bonds is 5. The minimum Gasteiger partial charge on any atom is -0.375 e. The summed E-state index contributed by atoms with van der Waals surface area (Å²) in [5.74, 6) is -1.05. The first-order chi connectivity index (χ1) is 8.88. The van der Waals surface area contributed by atoms with E-state index in [1.807, 2.05) is 0 Å². The van der Waals surface area contributed by atoms with Crippen LogP contribution in [0.1, 0.15) is 12.8 Å². The molecule has 0 heterocycles. The van der Waals surface area contributed by atoms with Gasteiger partial charge in [0.05, 0.1) is 12.2 Å². The molecule has 1 amide bonds. The number of nitrogens with one attached hydrogen (secondary N) is 2. The van der Waals surface area contributed by atoms with Crippen molar-refractivity contribution in [3.8, 4) is 0 Å². The quantitative estimate of drug-likeness (QED) is 0.844. The number of sulfone groups is 1. The van der Waals surface area contributed by atoms with E-state index in [-0.39, 0.29) is 24.2 Å². The molecule has 1 saturated carbocycles. The average Bonchev–Trinajstić information content (AvgIpc) is 3.08. The molecule has 1 aromatic carbocycles. The lowest BCUT2D eigenvalue weighted by molar-refractivity contribution is -0.119. The zero-order valence-corrected chi connectivity index (χ0v) is 11.3. The third kappa shape index (κ3) is 3.66. The molecule has 0 radical (unpaired) electrons. The van der Waals surface area contributed by atoms with Crippen molar-refractivity contribution in [2.75, 3.05) is 18.1 Å². The Bertz CT molecular complexity index is 597. The molecule has 0 aromatic heterocycles. The predicted octanol–water partition coefficient (Wildman–Crippen LogP) is 0.920. The van der Waals surface area contributed by atoms with Gasteiger partial charge in [0.1, 0.15) is 10.7 Å². The first-order valence-electron chi connectivity index (χ1n) is 5.90. The Morgan fingerprint density at radius 1 is 1.42 bits per heavy atom. The fraction of sp³-hybridized carbons (Fsp3) is 0.417. The second-order valence-corrected chi connectivity index (χ2v) is 6.54. The number of benzene rings is 1. The van der Waals surface area contributed by atoms with Gasteiger partial charge in [0.25, 0.3) is 0 Å². The summed E-state index contributed by atoms with van der Waals surface area (Å²) < 4.78 is 36.6. The first-order valence-corrected chi connectivity index (χ1v) is 7.79. The molecule has 0 atom stereocenters. The van der Waals surface area contributed by atoms with Crippen LogP contribution in [0.5, 0.6) is 0 Å². The number of hydrogen-bond acceptors (Lipinski definition) is 4. The van der Waals surface area contributed by atoms with Crippen LogP contribution < -0.4 is 10.6 Å². The Balaban J connectivity index is 2.11. The summed E-state index contributed by atoms with van der Waals surface area (Å²) in [4.78, 5) is 11.1. The molecule has 0 aliphatic heterocycles. The highest BCUT2D eigenvalue weighted by molar-refractivity contribution is 7.90. The number of hydrogen-bond donors (Lipinski definition) is 2. The van der Waals surface area contributed by atoms with Gasteiger partial charge in [-0.1, -0.05) is 6.07 Å². The normalized spacial score (nSPS) is 15.1. The second-order valence-electron chi connectivity index (χ2n) is 4.58. The average molecular weight is 286 g/mol. The van der Waals surface area contributed by atoms with Gasteiger partial charge in [-0.2, -0.15) is 0 Å². The Kier molecular flexibility index (Phi) is 3.75. The molecular weight excluding hydrogens is 271 g/mol. The molecule has 2 N–H and O–H groups in total. The zero-order valence-electron chi connectivity index (χ0n) is 10.4. The largest absolute Gasteiger partial charge is 0.375 e. The number of anilines is 1. The van der Waals surface area contributed by atoms with Gasteiger partial charge in [-0.3, -0.25) is 4.79 Å². The Morgan fingerprint density at radius 2 is 2.11 bits per heavy atom. The molecule has 19 heavy (non-hydrogen) atoms. The van der Waals surface area contributed by atoms with E-state index in [9.17, 15) is 17.6 Å². The van der Waals surface area contributed by atoms with E-state index >= 15 is 0 Å². The van der Waals surface area contributed by atoms with Crippen LogP contribution in [0.25, 0.3) is 0 Å². The molecule has 0 spiro atoms. The number of carbonyl (C=O) groups excluding carboxylic acids is 1. The van der Waals surface area contributed by atoms with Crippen LogP contribution in [-0.2, 0) is 14.6 Å². The molecule has 0 unspecified atom stereocenters. The topological polar surface area (TPSA) is 75.3 Å². The van der Waals surface area contributed by atoms with Crippen LogP contribution in [0, 0.1) is 5.82 Å². The minimum atomic E-state index is -3.69. The van der Waals surface area contributed by atoms with E-state index in [1.165, 1.54) is 12.1 Å². The van der Waals surface area contributed by atoms with E-state index in [0.717, 1.165) is 25.2 Å². The van der Waals surface area contributed by atoms with Gasteiger partial charge in [0.15, 0.2) is 9.84 Å². The van der Waals surface area contributed by atoms with Crippen LogP contribution >= 0.6 is 0 Å². The van der Waals surface area contributed by atoms with Crippen molar-refractivity contribution >= 4 is 21.4 Å². The van der Waals surface area contributed by atoms with Gasteiger partial charge in [-0.15, -0.1) is 0 Å². The molecule has 5 nitrogen and oxygen atoms in total. The minimum absolute atomic E-state index is 0.0809. The van der Waals surface area contributed by atoms with Gasteiger partial charge < -0.3 is 10.6 Å². The highest BCUT2D eigenvalue weighted by Crippen LogP contribution is 2.24. The third-order valence-electron chi connectivity index (χ3n) is 2.72. The van der Waals surface area contributed by atoms with Crippen LogP contribution in [-0.4, -0.2) is 33.2 Å². The smallest absolute Gasteiger partial charge is 0.239 e. The molecule has 0 saturated heterocycles. The van der Waals surface area contributed by atoms with Crippen molar-refractivity contribution in [2.24, 2.45) is 0 Å². The molecule has 104 valence electrons. The van der Waals surface area contributed by atoms with Crippen LogP contribution in [0.15, 0.2) is 23.1 Å². The summed E-state index contributed by atoms with van der Waals surface area (Å²) in [6.07, 6.45) is 2.88. The fourth-order valence-corrected chi connectivity index (χ4v) is 2.67. The van der Waals surface area contributed by atoms with Gasteiger partial charge in [-0.25, -0.2) is 12.8 Å². The molecule has 2 rings (SSSR count). The summed E-state index contributed by atoms with van der Waals surface area (Å²) in [7, 11) is -3.69. The van der Waals surface area contributed by atoms with Crippen LogP contribution in [0.4, 0.5) is 10.1 Å². The van der Waals surface area contributed by atoms with E-state index in [2.05, 4.69) is 10.6 Å². The summed E-state index contributed by atoms with van der Waals surface area (Å²) in [6, 6.07) is 4.14. The van der Waals surface area contributed by atoms with Crippen LogP contribution in [0.2, 0.25) is 0 Å². The van der Waals surface area contributed by atoms with E-state index in [4.69, 9.17) is 0 Å². The lowest BCUT2D eigenvalue weighted by Crippen LogP contribution is -2.31. The molecule has 1 fully saturated rings. The van der Waals surface area contributed by atoms with E-state index < -0.39 is 20.5 Å². The standard InChI is InChI=1S/C12H15FN2O3S/c1-19(17,18)12-9(13)3-2-4-10(12)14-7-11(16)15-8-5-6-8/h2-4,8,14H,5-7H2,1H3,(H,15,16). The molecule has 0 bridgehead atoms.